The lowest BCUT2D eigenvalue weighted by Gasteiger charge is -2.22. The van der Waals surface area contributed by atoms with E-state index >= 15 is 0 Å². The first-order valence-electron chi connectivity index (χ1n) is 11.7. The summed E-state index contributed by atoms with van der Waals surface area (Å²) in [5.74, 6) is -0.167. The Balaban J connectivity index is 1.66. The molecule has 8 nitrogen and oxygen atoms in total. The van der Waals surface area contributed by atoms with E-state index in [2.05, 4.69) is 10.6 Å². The SMILES string of the molecule is COC(=O)[C@@H](Cc1ccc(O)cc1)NC(=O)[C@H](CSCc1ccccc1)NC(=O)OCc1ccccc1. The van der Waals surface area contributed by atoms with Crippen LogP contribution in [0.15, 0.2) is 84.9 Å². The van der Waals surface area contributed by atoms with Gasteiger partial charge in [-0.05, 0) is 28.8 Å². The number of methoxy groups -OCH3 is 1. The minimum Gasteiger partial charge on any atom is -0.508 e. The summed E-state index contributed by atoms with van der Waals surface area (Å²) in [6.07, 6.45) is -0.585. The largest absolute Gasteiger partial charge is 0.508 e. The van der Waals surface area contributed by atoms with Crippen molar-refractivity contribution >= 4 is 29.7 Å². The van der Waals surface area contributed by atoms with Gasteiger partial charge in [0, 0.05) is 17.9 Å². The Morgan fingerprint density at radius 2 is 1.43 bits per heavy atom. The van der Waals surface area contributed by atoms with E-state index in [0.717, 1.165) is 16.7 Å². The van der Waals surface area contributed by atoms with E-state index in [1.54, 1.807) is 12.1 Å². The van der Waals surface area contributed by atoms with Gasteiger partial charge in [-0.25, -0.2) is 9.59 Å². The van der Waals surface area contributed by atoms with Crippen molar-refractivity contribution in [1.82, 2.24) is 10.6 Å². The molecule has 0 saturated heterocycles. The quantitative estimate of drug-likeness (QED) is 0.310. The van der Waals surface area contributed by atoms with Crippen LogP contribution in [0.3, 0.4) is 0 Å². The predicted molar refractivity (Wildman–Crippen MR) is 142 cm³/mol. The van der Waals surface area contributed by atoms with E-state index in [1.165, 1.54) is 31.0 Å². The van der Waals surface area contributed by atoms with Gasteiger partial charge in [0.05, 0.1) is 7.11 Å². The number of thioether (sulfide) groups is 1. The monoisotopic (exact) mass is 522 g/mol. The van der Waals surface area contributed by atoms with Crippen molar-refractivity contribution in [3.8, 4) is 5.75 Å². The number of carbonyl (C=O) groups is 3. The third kappa shape index (κ3) is 9.53. The molecule has 9 heteroatoms. The number of aromatic hydroxyl groups is 1. The molecule has 0 spiro atoms. The standard InChI is InChI=1S/C28H30N2O6S/c1-35-27(33)24(16-20-12-14-23(31)15-13-20)29-26(32)25(19-37-18-22-10-6-3-7-11-22)30-28(34)36-17-21-8-4-2-5-9-21/h2-15,24-25,31H,16-19H2,1H3,(H,29,32)(H,30,34)/t24-,25+/m1/s1. The molecular weight excluding hydrogens is 492 g/mol. The van der Waals surface area contributed by atoms with Crippen LogP contribution in [0.25, 0.3) is 0 Å². The summed E-state index contributed by atoms with van der Waals surface area (Å²) in [6, 6.07) is 23.3. The number of amides is 2. The van der Waals surface area contributed by atoms with E-state index < -0.39 is 30.1 Å². The second-order valence-corrected chi connectivity index (χ2v) is 9.24. The summed E-state index contributed by atoms with van der Waals surface area (Å²) >= 11 is 1.47. The van der Waals surface area contributed by atoms with Crippen molar-refractivity contribution in [2.24, 2.45) is 0 Å². The van der Waals surface area contributed by atoms with Gasteiger partial charge in [0.2, 0.25) is 5.91 Å². The third-order valence-corrected chi connectivity index (χ3v) is 6.50. The molecule has 3 rings (SSSR count). The molecule has 0 aliphatic rings. The van der Waals surface area contributed by atoms with Gasteiger partial charge < -0.3 is 25.2 Å². The Morgan fingerprint density at radius 3 is 2.05 bits per heavy atom. The second-order valence-electron chi connectivity index (χ2n) is 8.21. The molecule has 0 radical (unpaired) electrons. The predicted octanol–water partition coefficient (Wildman–Crippen LogP) is 3.82. The molecule has 0 bridgehead atoms. The molecule has 3 aromatic rings. The number of alkyl carbamates (subject to hydrolysis) is 1. The molecule has 194 valence electrons. The van der Waals surface area contributed by atoms with Crippen molar-refractivity contribution in [2.75, 3.05) is 12.9 Å². The number of ether oxygens (including phenoxy) is 2. The highest BCUT2D eigenvalue weighted by atomic mass is 32.2. The molecule has 2 amide bonds. The maximum absolute atomic E-state index is 13.2. The van der Waals surface area contributed by atoms with Crippen LogP contribution >= 0.6 is 11.8 Å². The number of esters is 1. The molecule has 0 aromatic heterocycles. The molecule has 0 heterocycles. The minimum atomic E-state index is -0.981. The number of phenols is 1. The lowest BCUT2D eigenvalue weighted by molar-refractivity contribution is -0.145. The molecule has 3 N–H and O–H groups in total. The van der Waals surface area contributed by atoms with Gasteiger partial charge in [0.1, 0.15) is 24.4 Å². The summed E-state index contributed by atoms with van der Waals surface area (Å²) < 4.78 is 10.2. The summed E-state index contributed by atoms with van der Waals surface area (Å²) in [5, 5.41) is 14.8. The molecule has 3 aromatic carbocycles. The highest BCUT2D eigenvalue weighted by molar-refractivity contribution is 7.98. The van der Waals surface area contributed by atoms with Crippen LogP contribution in [-0.4, -0.2) is 48.0 Å². The molecule has 2 atom stereocenters. The zero-order valence-electron chi connectivity index (χ0n) is 20.5. The molecule has 0 saturated carbocycles. The molecule has 0 fully saturated rings. The number of benzene rings is 3. The van der Waals surface area contributed by atoms with Gasteiger partial charge in [0.15, 0.2) is 0 Å². The van der Waals surface area contributed by atoms with Crippen LogP contribution in [0.4, 0.5) is 4.79 Å². The van der Waals surface area contributed by atoms with Gasteiger partial charge in [-0.2, -0.15) is 11.8 Å². The Morgan fingerprint density at radius 1 is 0.811 bits per heavy atom. The Hall–Kier alpha value is -3.98. The summed E-state index contributed by atoms with van der Waals surface area (Å²) in [6.45, 7) is 0.0593. The fourth-order valence-corrected chi connectivity index (χ4v) is 4.45. The van der Waals surface area contributed by atoms with Crippen LogP contribution in [0.5, 0.6) is 5.75 Å². The molecule has 37 heavy (non-hydrogen) atoms. The highest BCUT2D eigenvalue weighted by Gasteiger charge is 2.28. The zero-order valence-corrected chi connectivity index (χ0v) is 21.3. The van der Waals surface area contributed by atoms with Crippen LogP contribution < -0.4 is 10.6 Å². The number of rotatable bonds is 12. The normalized spacial score (nSPS) is 12.1. The van der Waals surface area contributed by atoms with Crippen molar-refractivity contribution in [3.05, 3.63) is 102 Å². The summed E-state index contributed by atoms with van der Waals surface area (Å²) in [7, 11) is 1.24. The van der Waals surface area contributed by atoms with Crippen molar-refractivity contribution < 1.29 is 29.0 Å². The Kier molecular flexibility index (Phi) is 10.9. The molecule has 0 unspecified atom stereocenters. The van der Waals surface area contributed by atoms with Gasteiger partial charge in [-0.1, -0.05) is 72.8 Å². The number of nitrogens with one attached hydrogen (secondary N) is 2. The van der Waals surface area contributed by atoms with Crippen molar-refractivity contribution in [1.29, 1.82) is 0 Å². The van der Waals surface area contributed by atoms with Crippen molar-refractivity contribution in [3.63, 3.8) is 0 Å². The lowest BCUT2D eigenvalue weighted by atomic mass is 10.1. The number of hydrogen-bond donors (Lipinski definition) is 3. The van der Waals surface area contributed by atoms with Crippen LogP contribution in [-0.2, 0) is 37.8 Å². The van der Waals surface area contributed by atoms with E-state index in [0.29, 0.717) is 5.75 Å². The summed E-state index contributed by atoms with van der Waals surface area (Å²) in [4.78, 5) is 38.2. The minimum absolute atomic E-state index is 0.0593. The van der Waals surface area contributed by atoms with Gasteiger partial charge in [0.25, 0.3) is 0 Å². The van der Waals surface area contributed by atoms with Crippen LogP contribution in [0.2, 0.25) is 0 Å². The van der Waals surface area contributed by atoms with E-state index in [9.17, 15) is 19.5 Å². The lowest BCUT2D eigenvalue weighted by Crippen LogP contribution is -2.53. The number of carbonyl (C=O) groups excluding carboxylic acids is 3. The maximum Gasteiger partial charge on any atom is 0.408 e. The van der Waals surface area contributed by atoms with E-state index in [-0.39, 0.29) is 24.5 Å². The fourth-order valence-electron chi connectivity index (χ4n) is 3.43. The summed E-state index contributed by atoms with van der Waals surface area (Å²) in [5.41, 5.74) is 2.62. The average molecular weight is 523 g/mol. The first-order chi connectivity index (χ1) is 17.9. The Bertz CT molecular complexity index is 1140. The molecule has 0 aliphatic heterocycles. The Labute approximate surface area is 220 Å². The smallest absolute Gasteiger partial charge is 0.408 e. The van der Waals surface area contributed by atoms with Crippen LogP contribution in [0.1, 0.15) is 16.7 Å². The molecule has 0 aliphatic carbocycles. The maximum atomic E-state index is 13.2. The van der Waals surface area contributed by atoms with Crippen molar-refractivity contribution in [2.45, 2.75) is 30.9 Å². The van der Waals surface area contributed by atoms with Gasteiger partial charge in [-0.15, -0.1) is 0 Å². The number of phenolic OH excluding ortho intramolecular Hbond substituents is 1. The number of hydrogen-bond acceptors (Lipinski definition) is 7. The zero-order chi connectivity index (χ0) is 26.5. The van der Waals surface area contributed by atoms with Crippen LogP contribution in [0, 0.1) is 0 Å². The highest BCUT2D eigenvalue weighted by Crippen LogP contribution is 2.15. The first kappa shape index (κ1) is 27.6. The van der Waals surface area contributed by atoms with E-state index in [1.807, 2.05) is 60.7 Å². The van der Waals surface area contributed by atoms with Gasteiger partial charge in [-0.3, -0.25) is 4.79 Å². The topological polar surface area (TPSA) is 114 Å². The second kappa shape index (κ2) is 14.5. The fraction of sp³-hybridized carbons (Fsp3) is 0.250. The van der Waals surface area contributed by atoms with E-state index in [4.69, 9.17) is 9.47 Å². The first-order valence-corrected chi connectivity index (χ1v) is 12.8. The molecular formula is C28H30N2O6S. The van der Waals surface area contributed by atoms with Gasteiger partial charge >= 0.3 is 12.1 Å². The third-order valence-electron chi connectivity index (χ3n) is 5.40. The average Bonchev–Trinajstić information content (AvgIpc) is 2.92.